The molecule has 0 aliphatic heterocycles. The SMILES string of the molecule is C=CC(c1ccc(OC)cc1)S(=O)(=O)Nc1ccccc1C=Cc1ccncc1C. The molecule has 0 fully saturated rings. The molecular formula is C24H24N2O3S. The van der Waals surface area contributed by atoms with E-state index in [-0.39, 0.29) is 0 Å². The molecule has 0 spiro atoms. The van der Waals surface area contributed by atoms with Gasteiger partial charge in [0, 0.05) is 12.4 Å². The number of benzene rings is 2. The molecule has 5 nitrogen and oxygen atoms in total. The van der Waals surface area contributed by atoms with Crippen molar-refractivity contribution in [1.82, 2.24) is 4.98 Å². The lowest BCUT2D eigenvalue weighted by molar-refractivity contribution is 0.414. The third kappa shape index (κ3) is 4.96. The van der Waals surface area contributed by atoms with E-state index in [2.05, 4.69) is 16.3 Å². The van der Waals surface area contributed by atoms with Gasteiger partial charge in [0.05, 0.1) is 12.8 Å². The van der Waals surface area contributed by atoms with Gasteiger partial charge in [-0.3, -0.25) is 9.71 Å². The van der Waals surface area contributed by atoms with Crippen LogP contribution in [0.3, 0.4) is 0 Å². The molecule has 0 amide bonds. The number of aromatic nitrogens is 1. The van der Waals surface area contributed by atoms with Gasteiger partial charge in [0.1, 0.15) is 11.0 Å². The Kier molecular flexibility index (Phi) is 6.69. The lowest BCUT2D eigenvalue weighted by Gasteiger charge is -2.17. The smallest absolute Gasteiger partial charge is 0.243 e. The average molecular weight is 421 g/mol. The van der Waals surface area contributed by atoms with E-state index in [1.165, 1.54) is 6.08 Å². The molecule has 0 saturated carbocycles. The van der Waals surface area contributed by atoms with Crippen LogP contribution in [0, 0.1) is 6.92 Å². The first-order valence-corrected chi connectivity index (χ1v) is 10.9. The molecule has 3 aromatic rings. The van der Waals surface area contributed by atoms with E-state index in [0.29, 0.717) is 17.0 Å². The number of pyridine rings is 1. The zero-order chi connectivity index (χ0) is 21.6. The fraction of sp³-hybridized carbons (Fsp3) is 0.125. The zero-order valence-corrected chi connectivity index (χ0v) is 17.8. The van der Waals surface area contributed by atoms with Crippen LogP contribution in [0.4, 0.5) is 5.69 Å². The highest BCUT2D eigenvalue weighted by molar-refractivity contribution is 7.93. The number of methoxy groups -OCH3 is 1. The number of hydrogen-bond acceptors (Lipinski definition) is 4. The second-order valence-electron chi connectivity index (χ2n) is 6.73. The maximum Gasteiger partial charge on any atom is 0.243 e. The van der Waals surface area contributed by atoms with Crippen LogP contribution in [0.1, 0.15) is 27.5 Å². The third-order valence-corrected chi connectivity index (χ3v) is 6.35. The number of nitrogens with one attached hydrogen (secondary N) is 1. The summed E-state index contributed by atoms with van der Waals surface area (Å²) in [5, 5.41) is -0.900. The van der Waals surface area contributed by atoms with Crippen LogP contribution in [0.15, 0.2) is 79.6 Å². The molecule has 3 rings (SSSR count). The van der Waals surface area contributed by atoms with Crippen LogP contribution in [-0.4, -0.2) is 20.5 Å². The molecule has 30 heavy (non-hydrogen) atoms. The highest BCUT2D eigenvalue weighted by atomic mass is 32.2. The summed E-state index contributed by atoms with van der Waals surface area (Å²) in [4.78, 5) is 4.09. The summed E-state index contributed by atoms with van der Waals surface area (Å²) in [5.74, 6) is 0.661. The fourth-order valence-electron chi connectivity index (χ4n) is 3.04. The molecule has 1 atom stereocenters. The van der Waals surface area contributed by atoms with Crippen molar-refractivity contribution in [2.75, 3.05) is 11.8 Å². The van der Waals surface area contributed by atoms with Crippen LogP contribution in [-0.2, 0) is 10.0 Å². The standard InChI is InChI=1S/C24H24N2O3S/c1-4-24(21-11-13-22(29-3)14-12-21)30(27,28)26-23-8-6-5-7-20(23)10-9-19-15-16-25-17-18(19)2/h4-17,24,26H,1H2,2-3H3. The van der Waals surface area contributed by atoms with Gasteiger partial charge in [-0.1, -0.05) is 48.6 Å². The predicted molar refractivity (Wildman–Crippen MR) is 123 cm³/mol. The zero-order valence-electron chi connectivity index (χ0n) is 16.9. The Morgan fingerprint density at radius 2 is 1.73 bits per heavy atom. The Morgan fingerprint density at radius 1 is 1.03 bits per heavy atom. The minimum Gasteiger partial charge on any atom is -0.497 e. The van der Waals surface area contributed by atoms with Crippen LogP contribution in [0.5, 0.6) is 5.75 Å². The van der Waals surface area contributed by atoms with Gasteiger partial charge in [0.2, 0.25) is 10.0 Å². The molecule has 1 aromatic heterocycles. The third-order valence-electron chi connectivity index (χ3n) is 4.71. The summed E-state index contributed by atoms with van der Waals surface area (Å²) in [6.45, 7) is 5.70. The topological polar surface area (TPSA) is 68.3 Å². The maximum atomic E-state index is 13.1. The quantitative estimate of drug-likeness (QED) is 0.506. The monoisotopic (exact) mass is 420 g/mol. The lowest BCUT2D eigenvalue weighted by atomic mass is 10.1. The van der Waals surface area contributed by atoms with E-state index in [4.69, 9.17) is 4.74 Å². The lowest BCUT2D eigenvalue weighted by Crippen LogP contribution is -2.20. The Labute approximate surface area is 177 Å². The van der Waals surface area contributed by atoms with Gasteiger partial charge in [-0.05, 0) is 53.4 Å². The molecule has 1 heterocycles. The second kappa shape index (κ2) is 9.41. The maximum absolute atomic E-state index is 13.1. The van der Waals surface area contributed by atoms with Crippen molar-refractivity contribution in [2.24, 2.45) is 0 Å². The summed E-state index contributed by atoms with van der Waals surface area (Å²) < 4.78 is 34.1. The van der Waals surface area contributed by atoms with Crippen LogP contribution >= 0.6 is 0 Å². The van der Waals surface area contributed by atoms with E-state index in [9.17, 15) is 8.42 Å². The van der Waals surface area contributed by atoms with Gasteiger partial charge in [-0.15, -0.1) is 6.58 Å². The van der Waals surface area contributed by atoms with E-state index in [1.807, 2.05) is 37.3 Å². The summed E-state index contributed by atoms with van der Waals surface area (Å²) in [6, 6.07) is 16.1. The summed E-state index contributed by atoms with van der Waals surface area (Å²) in [5.41, 5.74) is 3.93. The van der Waals surface area contributed by atoms with Gasteiger partial charge in [0.15, 0.2) is 0 Å². The van der Waals surface area contributed by atoms with E-state index in [1.54, 1.807) is 55.9 Å². The summed E-state index contributed by atoms with van der Waals surface area (Å²) >= 11 is 0. The van der Waals surface area contributed by atoms with Crippen LogP contribution < -0.4 is 9.46 Å². The molecule has 1 unspecified atom stereocenters. The number of sulfonamides is 1. The number of ether oxygens (including phenoxy) is 1. The molecule has 6 heteroatoms. The number of hydrogen-bond donors (Lipinski definition) is 1. The minimum atomic E-state index is -3.76. The number of rotatable bonds is 8. The summed E-state index contributed by atoms with van der Waals surface area (Å²) in [7, 11) is -2.20. The van der Waals surface area contributed by atoms with E-state index >= 15 is 0 Å². The average Bonchev–Trinajstić information content (AvgIpc) is 2.74. The highest BCUT2D eigenvalue weighted by Gasteiger charge is 2.25. The number of aryl methyl sites for hydroxylation is 1. The van der Waals surface area contributed by atoms with E-state index in [0.717, 1.165) is 16.7 Å². The van der Waals surface area contributed by atoms with Crippen molar-refractivity contribution in [3.8, 4) is 5.75 Å². The Bertz CT molecular complexity index is 1150. The first-order valence-electron chi connectivity index (χ1n) is 9.40. The van der Waals surface area contributed by atoms with Crippen LogP contribution in [0.25, 0.3) is 12.2 Å². The largest absolute Gasteiger partial charge is 0.497 e. The van der Waals surface area contributed by atoms with Gasteiger partial charge in [0.25, 0.3) is 0 Å². The first-order chi connectivity index (χ1) is 14.4. The number of para-hydroxylation sites is 1. The second-order valence-corrected chi connectivity index (χ2v) is 8.53. The van der Waals surface area contributed by atoms with Gasteiger partial charge >= 0.3 is 0 Å². The predicted octanol–water partition coefficient (Wildman–Crippen LogP) is 5.24. The Balaban J connectivity index is 1.89. The van der Waals surface area contributed by atoms with Crippen molar-refractivity contribution < 1.29 is 13.2 Å². The van der Waals surface area contributed by atoms with Gasteiger partial charge in [-0.2, -0.15) is 0 Å². The molecule has 0 radical (unpaired) electrons. The van der Waals surface area contributed by atoms with E-state index < -0.39 is 15.3 Å². The van der Waals surface area contributed by atoms with Gasteiger partial charge < -0.3 is 4.74 Å². The highest BCUT2D eigenvalue weighted by Crippen LogP contribution is 2.29. The van der Waals surface area contributed by atoms with Crippen molar-refractivity contribution >= 4 is 27.9 Å². The Morgan fingerprint density at radius 3 is 2.40 bits per heavy atom. The van der Waals surface area contributed by atoms with Crippen molar-refractivity contribution in [3.63, 3.8) is 0 Å². The first kappa shape index (κ1) is 21.3. The minimum absolute atomic E-state index is 0.501. The molecule has 0 aliphatic rings. The molecule has 0 bridgehead atoms. The molecular weight excluding hydrogens is 396 g/mol. The fourth-order valence-corrected chi connectivity index (χ4v) is 4.43. The number of nitrogens with zero attached hydrogens (tertiary/aromatic N) is 1. The molecule has 154 valence electrons. The number of anilines is 1. The van der Waals surface area contributed by atoms with Gasteiger partial charge in [-0.25, -0.2) is 8.42 Å². The summed E-state index contributed by atoms with van der Waals surface area (Å²) in [6.07, 6.45) is 8.76. The molecule has 1 N–H and O–H groups in total. The van der Waals surface area contributed by atoms with Crippen molar-refractivity contribution in [1.29, 1.82) is 0 Å². The van der Waals surface area contributed by atoms with Crippen molar-refractivity contribution in [2.45, 2.75) is 12.2 Å². The Hall–Kier alpha value is -3.38. The molecule has 0 saturated heterocycles. The van der Waals surface area contributed by atoms with Crippen molar-refractivity contribution in [3.05, 3.63) is 102 Å². The van der Waals surface area contributed by atoms with Crippen LogP contribution in [0.2, 0.25) is 0 Å². The molecule has 2 aromatic carbocycles. The normalized spacial score (nSPS) is 12.5. The molecule has 0 aliphatic carbocycles.